The molecule has 0 amide bonds. The van der Waals surface area contributed by atoms with E-state index in [2.05, 4.69) is 47.8 Å². The Kier molecular flexibility index (Phi) is 9.59. The molecule has 1 radical (unpaired) electrons. The maximum Gasteiger partial charge on any atom is 0.130 e. The van der Waals surface area contributed by atoms with Crippen LogP contribution >= 0.6 is 11.3 Å². The van der Waals surface area contributed by atoms with Gasteiger partial charge in [0.05, 0.1) is 8.07 Å². The molecular weight excluding hydrogens is 744 g/mol. The Bertz CT molecular complexity index is 1940. The zero-order valence-electron chi connectivity index (χ0n) is 27.6. The summed E-state index contributed by atoms with van der Waals surface area (Å²) in [6.07, 6.45) is 3.70. The Morgan fingerprint density at radius 1 is 0.860 bits per heavy atom. The molecule has 0 atom stereocenters. The van der Waals surface area contributed by atoms with Crippen LogP contribution in [0.3, 0.4) is 0 Å². The third-order valence-corrected chi connectivity index (χ3v) is 10.4. The van der Waals surface area contributed by atoms with Gasteiger partial charge in [-0.3, -0.25) is 0 Å². The van der Waals surface area contributed by atoms with Crippen LogP contribution < -0.4 is 5.19 Å². The number of halogens is 1. The molecule has 0 spiro atoms. The van der Waals surface area contributed by atoms with Crippen molar-refractivity contribution in [2.24, 2.45) is 0 Å². The first-order chi connectivity index (χ1) is 20.6. The van der Waals surface area contributed by atoms with Crippen molar-refractivity contribution in [3.8, 4) is 22.5 Å². The van der Waals surface area contributed by atoms with Crippen LogP contribution in [0, 0.1) is 17.9 Å². The summed E-state index contributed by atoms with van der Waals surface area (Å²) in [6.45, 7) is 14.5. The van der Waals surface area contributed by atoms with Gasteiger partial charge in [-0.05, 0) is 51.3 Å². The van der Waals surface area contributed by atoms with Crippen molar-refractivity contribution in [1.29, 1.82) is 0 Å². The summed E-state index contributed by atoms with van der Waals surface area (Å²) in [5, 5.41) is 2.82. The first-order valence-electron chi connectivity index (χ1n) is 15.1. The third kappa shape index (κ3) is 7.21. The molecule has 0 aliphatic heterocycles. The zero-order valence-corrected chi connectivity index (χ0v) is 29.8. The predicted molar refractivity (Wildman–Crippen MR) is 181 cm³/mol. The fourth-order valence-corrected chi connectivity index (χ4v) is 7.79. The average molecular weight is 783 g/mol. The van der Waals surface area contributed by atoms with E-state index in [-0.39, 0.29) is 25.9 Å². The Morgan fingerprint density at radius 3 is 2.33 bits per heavy atom. The van der Waals surface area contributed by atoms with Crippen molar-refractivity contribution >= 4 is 44.8 Å². The summed E-state index contributed by atoms with van der Waals surface area (Å²) in [5.74, 6) is -1.51. The predicted octanol–water partition coefficient (Wildman–Crippen LogP) is 10.4. The topological polar surface area (TPSA) is 25.8 Å². The second-order valence-corrected chi connectivity index (χ2v) is 18.0. The molecule has 2 nitrogen and oxygen atoms in total. The SMILES string of the molecule is [2H]C(C)(C)c1cc(-c2[c-]cccc2)ncc1[Si](C)(C)C.[2H]C(C)(C)c1ccnc(-c2[c-]ccc3c2sc2cccc(F)c23)c1.[Ir]. The number of benzene rings is 3. The van der Waals surface area contributed by atoms with Crippen molar-refractivity contribution < 1.29 is 27.2 Å². The van der Waals surface area contributed by atoms with E-state index in [0.29, 0.717) is 5.39 Å². The van der Waals surface area contributed by atoms with Crippen LogP contribution in [0.15, 0.2) is 85.2 Å². The van der Waals surface area contributed by atoms with Crippen molar-refractivity contribution in [1.82, 2.24) is 9.97 Å². The van der Waals surface area contributed by atoms with Crippen molar-refractivity contribution in [2.45, 2.75) is 59.1 Å². The minimum atomic E-state index is -1.50. The molecule has 3 aromatic carbocycles. The van der Waals surface area contributed by atoms with Gasteiger partial charge in [-0.2, -0.15) is 11.3 Å². The molecule has 6 heteroatoms. The smallest absolute Gasteiger partial charge is 0.130 e. The number of hydrogen-bond donors (Lipinski definition) is 0. The minimum absolute atomic E-state index is 0. The van der Waals surface area contributed by atoms with Crippen LogP contribution in [0.2, 0.25) is 19.6 Å². The van der Waals surface area contributed by atoms with Gasteiger partial charge in [-0.25, -0.2) is 4.39 Å². The molecule has 0 saturated carbocycles. The number of hydrogen-bond acceptors (Lipinski definition) is 3. The fourth-order valence-electron chi connectivity index (χ4n) is 4.98. The summed E-state index contributed by atoms with van der Waals surface area (Å²) in [4.78, 5) is 9.07. The molecule has 6 aromatic rings. The largest absolute Gasteiger partial charge is 0.305 e. The Hall–Kier alpha value is -3.02. The van der Waals surface area contributed by atoms with Gasteiger partial charge in [-0.1, -0.05) is 82.0 Å². The first kappa shape index (κ1) is 30.0. The van der Waals surface area contributed by atoms with Gasteiger partial charge < -0.3 is 9.97 Å². The standard InChI is InChI=1S/C20H15FNS.C17H22NSi.Ir/c1-12(2)13-9-10-22-17(11-13)14-5-3-6-15-19-16(21)7-4-8-18(19)23-20(14)15;1-13(2)15-11-16(14-9-7-6-8-10-14)18-12-17(15)19(3,4)5;/h3-4,6-12H,1-2H3;6-9,11-13H,1-5H3;/q2*-1;/i12D;13D;. The van der Waals surface area contributed by atoms with E-state index in [1.807, 2.05) is 88.5 Å². The Morgan fingerprint density at radius 2 is 1.65 bits per heavy atom. The van der Waals surface area contributed by atoms with Gasteiger partial charge in [0.25, 0.3) is 0 Å². The Balaban J connectivity index is 0.000000204. The molecule has 0 aliphatic rings. The van der Waals surface area contributed by atoms with Gasteiger partial charge in [0.1, 0.15) is 5.82 Å². The van der Waals surface area contributed by atoms with E-state index in [1.165, 1.54) is 11.3 Å². The van der Waals surface area contributed by atoms with E-state index in [4.69, 9.17) is 2.74 Å². The number of rotatable bonds is 5. The minimum Gasteiger partial charge on any atom is -0.305 e. The van der Waals surface area contributed by atoms with Crippen LogP contribution in [0.5, 0.6) is 0 Å². The number of aromatic nitrogens is 2. The summed E-state index contributed by atoms with van der Waals surface area (Å²) in [6, 6.07) is 29.1. The molecule has 0 aliphatic carbocycles. The van der Waals surface area contributed by atoms with Crippen LogP contribution in [-0.2, 0) is 20.1 Å². The van der Waals surface area contributed by atoms with E-state index < -0.39 is 19.9 Å². The van der Waals surface area contributed by atoms with Gasteiger partial charge >= 0.3 is 0 Å². The first-order valence-corrected chi connectivity index (χ1v) is 18.4. The average Bonchev–Trinajstić information content (AvgIpc) is 3.36. The quantitative estimate of drug-likeness (QED) is 0.129. The second-order valence-electron chi connectivity index (χ2n) is 11.9. The molecule has 223 valence electrons. The van der Waals surface area contributed by atoms with Gasteiger partial charge in [0, 0.05) is 45.3 Å². The second kappa shape index (κ2) is 13.7. The van der Waals surface area contributed by atoms with E-state index >= 15 is 0 Å². The summed E-state index contributed by atoms with van der Waals surface area (Å²) >= 11 is 1.55. The van der Waals surface area contributed by atoms with Crippen LogP contribution in [0.1, 0.15) is 53.4 Å². The van der Waals surface area contributed by atoms with E-state index in [9.17, 15) is 4.39 Å². The van der Waals surface area contributed by atoms with Crippen molar-refractivity contribution in [3.05, 3.63) is 114 Å². The monoisotopic (exact) mass is 783 g/mol. The molecule has 3 heterocycles. The number of nitrogens with zero attached hydrogens (tertiary/aromatic N) is 2. The maximum atomic E-state index is 14.3. The van der Waals surface area contributed by atoms with E-state index in [0.717, 1.165) is 48.4 Å². The fraction of sp³-hybridized carbons (Fsp3) is 0.243. The maximum absolute atomic E-state index is 14.3. The number of fused-ring (bicyclic) bond motifs is 3. The molecule has 0 fully saturated rings. The molecule has 0 unspecified atom stereocenters. The number of pyridine rings is 2. The summed E-state index contributed by atoms with van der Waals surface area (Å²) in [7, 11) is -1.50. The molecule has 0 saturated heterocycles. The van der Waals surface area contributed by atoms with Gasteiger partial charge in [0.15, 0.2) is 0 Å². The molecular formula is C37H37FIrN2SSi-2. The van der Waals surface area contributed by atoms with Crippen LogP contribution in [-0.4, -0.2) is 18.0 Å². The van der Waals surface area contributed by atoms with Crippen LogP contribution in [0.25, 0.3) is 42.7 Å². The molecule has 43 heavy (non-hydrogen) atoms. The number of thiophene rings is 1. The van der Waals surface area contributed by atoms with E-state index in [1.54, 1.807) is 23.6 Å². The van der Waals surface area contributed by atoms with Crippen molar-refractivity contribution in [3.63, 3.8) is 0 Å². The molecule has 6 rings (SSSR count). The molecule has 0 bridgehead atoms. The molecule has 3 aromatic heterocycles. The van der Waals surface area contributed by atoms with Gasteiger partial charge in [0.2, 0.25) is 0 Å². The van der Waals surface area contributed by atoms with Crippen molar-refractivity contribution in [2.75, 3.05) is 0 Å². The Labute approximate surface area is 276 Å². The normalized spacial score (nSPS) is 12.7. The molecule has 0 N–H and O–H groups in total. The van der Waals surface area contributed by atoms with Gasteiger partial charge in [-0.15, -0.1) is 59.7 Å². The summed E-state index contributed by atoms with van der Waals surface area (Å²) in [5.41, 5.74) is 5.51. The van der Waals surface area contributed by atoms with Crippen LogP contribution in [0.4, 0.5) is 4.39 Å². The zero-order chi connectivity index (χ0) is 31.9. The third-order valence-electron chi connectivity index (χ3n) is 7.24. The summed E-state index contributed by atoms with van der Waals surface area (Å²) < 4.78 is 32.8.